The molecule has 2 aliphatic carbocycles. The number of aliphatic hydroxyl groups is 1. The normalized spacial score (nSPS) is 48.5. The molecular weight excluding hydrogens is 456 g/mol. The Labute approximate surface area is 203 Å². The van der Waals surface area contributed by atoms with E-state index in [4.69, 9.17) is 18.6 Å². The predicted molar refractivity (Wildman–Crippen MR) is 118 cm³/mol. The summed E-state index contributed by atoms with van der Waals surface area (Å²) in [5, 5.41) is 21.7. The molecule has 2 spiro atoms. The third-order valence-corrected chi connectivity index (χ3v) is 10.6. The lowest BCUT2D eigenvalue weighted by atomic mass is 9.37. The number of hydrogen-bond donors (Lipinski definition) is 2. The van der Waals surface area contributed by atoms with E-state index < -0.39 is 51.7 Å². The highest BCUT2D eigenvalue weighted by atomic mass is 16.6. The number of aliphatic hydroxyl groups excluding tert-OH is 1. The van der Waals surface area contributed by atoms with Crippen molar-refractivity contribution in [1.82, 2.24) is 0 Å². The van der Waals surface area contributed by atoms with Gasteiger partial charge >= 0.3 is 11.9 Å². The van der Waals surface area contributed by atoms with Crippen molar-refractivity contribution in [2.45, 2.75) is 82.9 Å². The summed E-state index contributed by atoms with van der Waals surface area (Å²) in [7, 11) is 0. The molecule has 0 bridgehead atoms. The molecule has 6 rings (SSSR count). The summed E-state index contributed by atoms with van der Waals surface area (Å²) in [6.07, 6.45) is 1.37. The van der Waals surface area contributed by atoms with E-state index in [1.807, 2.05) is 27.7 Å². The van der Waals surface area contributed by atoms with E-state index >= 15 is 0 Å². The summed E-state index contributed by atoms with van der Waals surface area (Å²) in [6.45, 7) is 7.67. The highest BCUT2D eigenvalue weighted by Crippen LogP contribution is 2.78. The fraction of sp³-hybridized carbons (Fsp3) is 0.731. The van der Waals surface area contributed by atoms with Crippen LogP contribution >= 0.6 is 0 Å². The van der Waals surface area contributed by atoms with Crippen molar-refractivity contribution in [1.29, 1.82) is 0 Å². The lowest BCUT2D eigenvalue weighted by Gasteiger charge is -2.64. The first-order valence-corrected chi connectivity index (χ1v) is 12.3. The van der Waals surface area contributed by atoms with Crippen LogP contribution in [0.1, 0.15) is 65.0 Å². The summed E-state index contributed by atoms with van der Waals surface area (Å²) in [4.78, 5) is 38.9. The van der Waals surface area contributed by atoms with Crippen LogP contribution in [-0.4, -0.2) is 58.0 Å². The van der Waals surface area contributed by atoms with Crippen LogP contribution in [-0.2, 0) is 28.6 Å². The van der Waals surface area contributed by atoms with Crippen molar-refractivity contribution in [2.24, 2.45) is 28.1 Å². The highest BCUT2D eigenvalue weighted by molar-refractivity contribution is 5.92. The van der Waals surface area contributed by atoms with Gasteiger partial charge in [-0.2, -0.15) is 0 Å². The maximum atomic E-state index is 14.2. The van der Waals surface area contributed by atoms with Gasteiger partial charge in [0.05, 0.1) is 42.2 Å². The molecule has 4 heterocycles. The first-order valence-electron chi connectivity index (χ1n) is 12.3. The second kappa shape index (κ2) is 6.75. The number of carbonyl (C=O) groups is 3. The number of cyclic esters (lactones) is 1. The molecule has 1 aromatic heterocycles. The average molecular weight is 489 g/mol. The smallest absolute Gasteiger partial charge is 0.335 e. The number of epoxide rings is 1. The van der Waals surface area contributed by atoms with Crippen LogP contribution in [0.4, 0.5) is 0 Å². The molecule has 0 amide bonds. The maximum Gasteiger partial charge on any atom is 0.335 e. The van der Waals surface area contributed by atoms with Crippen molar-refractivity contribution in [2.75, 3.05) is 6.61 Å². The number of fused-ring (bicyclic) bond motifs is 2. The first-order chi connectivity index (χ1) is 16.4. The Kier molecular flexibility index (Phi) is 4.47. The Balaban J connectivity index is 1.53. The number of rotatable bonds is 3. The van der Waals surface area contributed by atoms with E-state index in [0.717, 1.165) is 0 Å². The van der Waals surface area contributed by atoms with Gasteiger partial charge in [0, 0.05) is 28.7 Å². The molecule has 0 radical (unpaired) electrons. The molecule has 5 fully saturated rings. The molecular formula is C26H32O9. The number of hydrogen-bond acceptors (Lipinski definition) is 8. The zero-order valence-electron chi connectivity index (χ0n) is 20.4. The van der Waals surface area contributed by atoms with Crippen LogP contribution in [0.5, 0.6) is 0 Å². The number of carbonyl (C=O) groups excluding carboxylic acids is 2. The maximum absolute atomic E-state index is 14.2. The minimum absolute atomic E-state index is 0.0820. The van der Waals surface area contributed by atoms with Gasteiger partial charge in [-0.15, -0.1) is 0 Å². The van der Waals surface area contributed by atoms with Gasteiger partial charge in [0.2, 0.25) is 0 Å². The molecule has 2 saturated carbocycles. The Bertz CT molecular complexity index is 1110. The van der Waals surface area contributed by atoms with Gasteiger partial charge in [-0.1, -0.05) is 6.92 Å². The van der Waals surface area contributed by atoms with Crippen LogP contribution in [0.3, 0.4) is 0 Å². The topological polar surface area (TPSA) is 136 Å². The van der Waals surface area contributed by atoms with Gasteiger partial charge in [-0.05, 0) is 45.6 Å². The van der Waals surface area contributed by atoms with Crippen LogP contribution in [0.2, 0.25) is 0 Å². The van der Waals surface area contributed by atoms with Crippen molar-refractivity contribution in [3.8, 4) is 0 Å². The SMILES string of the molecule is CC1(C)O[C@H]2CC(=O)OC[C@]23[C@H]2CC[C@@](C)([C@@H](O)c4ccoc4)[C@@]4(O[C@@H]4C(=O)O)[C@]2(C)C(=O)C[C@@H]13. The zero-order chi connectivity index (χ0) is 25.2. The van der Waals surface area contributed by atoms with Gasteiger partial charge in [0.25, 0.3) is 0 Å². The van der Waals surface area contributed by atoms with Gasteiger partial charge in [0.1, 0.15) is 18.0 Å². The van der Waals surface area contributed by atoms with E-state index in [9.17, 15) is 24.6 Å². The molecule has 3 aliphatic heterocycles. The van der Waals surface area contributed by atoms with E-state index in [0.29, 0.717) is 18.4 Å². The summed E-state index contributed by atoms with van der Waals surface area (Å²) in [5.41, 5.74) is -4.49. The second-order valence-electron chi connectivity index (χ2n) is 12.1. The molecule has 190 valence electrons. The van der Waals surface area contributed by atoms with Crippen molar-refractivity contribution in [3.05, 3.63) is 24.2 Å². The van der Waals surface area contributed by atoms with Crippen LogP contribution in [0, 0.1) is 28.1 Å². The lowest BCUT2D eigenvalue weighted by Crippen LogP contribution is -2.71. The van der Waals surface area contributed by atoms with Crippen LogP contribution < -0.4 is 0 Å². The number of esters is 1. The Hall–Kier alpha value is -2.23. The minimum atomic E-state index is -1.43. The first kappa shape index (κ1) is 23.2. The van der Waals surface area contributed by atoms with Crippen molar-refractivity contribution >= 4 is 17.7 Å². The Morgan fingerprint density at radius 2 is 1.86 bits per heavy atom. The molecule has 9 heteroatoms. The van der Waals surface area contributed by atoms with E-state index in [2.05, 4.69) is 0 Å². The van der Waals surface area contributed by atoms with Gasteiger partial charge in [-0.25, -0.2) is 4.79 Å². The molecule has 0 aromatic carbocycles. The van der Waals surface area contributed by atoms with Gasteiger partial charge in [-0.3, -0.25) is 9.59 Å². The third-order valence-electron chi connectivity index (χ3n) is 10.6. The fourth-order valence-electron chi connectivity index (χ4n) is 8.99. The van der Waals surface area contributed by atoms with E-state index in [1.165, 1.54) is 12.5 Å². The van der Waals surface area contributed by atoms with Gasteiger partial charge < -0.3 is 28.8 Å². The zero-order valence-corrected chi connectivity index (χ0v) is 20.4. The number of Topliss-reactive ketones (excluding diaryl/α,β-unsaturated/α-hetero) is 1. The number of ether oxygens (including phenoxy) is 3. The predicted octanol–water partition coefficient (Wildman–Crippen LogP) is 2.66. The molecule has 0 unspecified atom stereocenters. The van der Waals surface area contributed by atoms with Crippen molar-refractivity contribution < 1.29 is 43.2 Å². The lowest BCUT2D eigenvalue weighted by molar-refractivity contribution is -0.218. The summed E-state index contributed by atoms with van der Waals surface area (Å²) in [6, 6.07) is 1.65. The fourth-order valence-corrected chi connectivity index (χ4v) is 8.99. The number of carboxylic acid groups (broad SMARTS) is 1. The molecule has 2 N–H and O–H groups in total. The third kappa shape index (κ3) is 2.47. The number of furan rings is 1. The standard InChI is InChI=1S/C26H32O9/c1-22(2)15-9-16(27)24(4)14(25(15)12-33-18(28)10-17(25)34-22)5-7-23(3,19(29)13-6-8-32-11-13)26(24)20(35-26)21(30)31/h6,8,11,14-15,17,19-20,29H,5,7,9-10,12H2,1-4H3,(H,30,31)/t14-,15-,17-,19-,20+,23-,24-,25+,26+/m0/s1. The quantitative estimate of drug-likeness (QED) is 0.486. The summed E-state index contributed by atoms with van der Waals surface area (Å²) >= 11 is 0. The van der Waals surface area contributed by atoms with E-state index in [1.54, 1.807) is 6.07 Å². The second-order valence-corrected chi connectivity index (χ2v) is 12.1. The monoisotopic (exact) mass is 488 g/mol. The average Bonchev–Trinajstić information content (AvgIpc) is 3.25. The number of ketones is 1. The molecule has 9 atom stereocenters. The molecule has 35 heavy (non-hydrogen) atoms. The largest absolute Gasteiger partial charge is 0.479 e. The molecule has 3 saturated heterocycles. The van der Waals surface area contributed by atoms with Crippen LogP contribution in [0.15, 0.2) is 23.0 Å². The summed E-state index contributed by atoms with van der Waals surface area (Å²) in [5.74, 6) is -2.08. The molecule has 9 nitrogen and oxygen atoms in total. The number of carboxylic acids is 1. The van der Waals surface area contributed by atoms with E-state index in [-0.39, 0.29) is 43.0 Å². The Morgan fingerprint density at radius 1 is 1.11 bits per heavy atom. The molecule has 1 aromatic rings. The van der Waals surface area contributed by atoms with Crippen LogP contribution in [0.25, 0.3) is 0 Å². The summed E-state index contributed by atoms with van der Waals surface area (Å²) < 4.78 is 23.4. The number of aliphatic carboxylic acids is 1. The van der Waals surface area contributed by atoms with Gasteiger partial charge in [0.15, 0.2) is 6.10 Å². The molecule has 5 aliphatic rings. The minimum Gasteiger partial charge on any atom is -0.479 e. The highest BCUT2D eigenvalue weighted by Gasteiger charge is 2.87. The van der Waals surface area contributed by atoms with Crippen molar-refractivity contribution in [3.63, 3.8) is 0 Å². The Morgan fingerprint density at radius 3 is 2.49 bits per heavy atom.